The quantitative estimate of drug-likeness (QED) is 0.154. The SMILES string of the molecule is CCC/C=C(/N=C(C)c1ccccc1)c1ccc(C)c(/C(=C(/C)CCC)c2ccccc2C2=C(C)CC(C)c3ccccc3C(C)C2)c1. The first-order valence-electron chi connectivity index (χ1n) is 18.2. The Hall–Kier alpha value is -4.23. The van der Waals surface area contributed by atoms with E-state index in [1.54, 1.807) is 0 Å². The second kappa shape index (κ2) is 16.2. The summed E-state index contributed by atoms with van der Waals surface area (Å²) in [6, 6.07) is 35.9. The molecular weight excluding hydrogens is 579 g/mol. The maximum atomic E-state index is 5.25. The number of rotatable bonds is 10. The summed E-state index contributed by atoms with van der Waals surface area (Å²) >= 11 is 0. The Balaban J connectivity index is 1.67. The van der Waals surface area contributed by atoms with Gasteiger partial charge in [0.1, 0.15) is 0 Å². The lowest BCUT2D eigenvalue weighted by molar-refractivity contribution is 0.684. The van der Waals surface area contributed by atoms with Gasteiger partial charge in [-0.05, 0) is 121 Å². The number of hydrogen-bond donors (Lipinski definition) is 0. The van der Waals surface area contributed by atoms with Crippen LogP contribution in [0.1, 0.15) is 143 Å². The van der Waals surface area contributed by atoms with E-state index >= 15 is 0 Å². The Kier molecular flexibility index (Phi) is 11.9. The number of aliphatic imine (C=N–C) groups is 1. The van der Waals surface area contributed by atoms with E-state index in [2.05, 4.69) is 159 Å². The van der Waals surface area contributed by atoms with E-state index in [4.69, 9.17) is 4.99 Å². The number of hydrogen-bond acceptors (Lipinski definition) is 1. The van der Waals surface area contributed by atoms with Crippen molar-refractivity contribution in [3.8, 4) is 0 Å². The smallest absolute Gasteiger partial charge is 0.0665 e. The molecule has 5 rings (SSSR count). The van der Waals surface area contributed by atoms with E-state index < -0.39 is 0 Å². The van der Waals surface area contributed by atoms with Crippen molar-refractivity contribution >= 4 is 22.6 Å². The number of allylic oxidation sites excluding steroid dienone is 4. The highest BCUT2D eigenvalue weighted by Crippen LogP contribution is 2.44. The molecule has 1 nitrogen and oxygen atoms in total. The van der Waals surface area contributed by atoms with Gasteiger partial charge in [-0.15, -0.1) is 0 Å². The molecule has 0 radical (unpaired) electrons. The number of aryl methyl sites for hydroxylation is 1. The Morgan fingerprint density at radius 3 is 2.04 bits per heavy atom. The van der Waals surface area contributed by atoms with Gasteiger partial charge < -0.3 is 0 Å². The van der Waals surface area contributed by atoms with Crippen LogP contribution in [0.25, 0.3) is 16.8 Å². The molecule has 0 aliphatic heterocycles. The van der Waals surface area contributed by atoms with E-state index in [0.717, 1.165) is 55.5 Å². The van der Waals surface area contributed by atoms with Gasteiger partial charge in [-0.3, -0.25) is 4.99 Å². The van der Waals surface area contributed by atoms with Crippen LogP contribution in [0.2, 0.25) is 0 Å². The average Bonchev–Trinajstić information content (AvgIpc) is 3.10. The summed E-state index contributed by atoms with van der Waals surface area (Å²) in [5, 5.41) is 0. The van der Waals surface area contributed by atoms with Gasteiger partial charge in [-0.1, -0.05) is 149 Å². The Morgan fingerprint density at radius 2 is 1.35 bits per heavy atom. The molecule has 0 saturated carbocycles. The van der Waals surface area contributed by atoms with Crippen molar-refractivity contribution in [2.45, 2.75) is 106 Å². The standard InChI is InChI=1S/C47H55N/c1-9-11-26-46(48-37(8)38-20-13-12-14-21-38)39-28-27-32(3)45(31-39)47(33(4)19-10-2)43-25-18-17-24-42(43)44-30-36(7)41-23-16-15-22-40(41)34(5)29-35(44)6/h12-18,20-28,31,34,36H,9-11,19,29-30H2,1-8H3/b44-35?,46-26+,47-33-,48-37?. The van der Waals surface area contributed by atoms with Gasteiger partial charge in [0.2, 0.25) is 0 Å². The lowest BCUT2D eigenvalue weighted by Crippen LogP contribution is -2.10. The summed E-state index contributed by atoms with van der Waals surface area (Å²) in [4.78, 5) is 5.25. The topological polar surface area (TPSA) is 12.4 Å². The molecule has 2 unspecified atom stereocenters. The van der Waals surface area contributed by atoms with Gasteiger partial charge in [-0.25, -0.2) is 0 Å². The van der Waals surface area contributed by atoms with Gasteiger partial charge >= 0.3 is 0 Å². The van der Waals surface area contributed by atoms with Crippen molar-refractivity contribution in [1.82, 2.24) is 0 Å². The molecule has 4 aromatic rings. The first-order chi connectivity index (χ1) is 23.2. The summed E-state index contributed by atoms with van der Waals surface area (Å²) < 4.78 is 0. The molecule has 0 bridgehead atoms. The lowest BCUT2D eigenvalue weighted by Gasteiger charge is -2.29. The van der Waals surface area contributed by atoms with Crippen molar-refractivity contribution in [1.29, 1.82) is 0 Å². The Morgan fingerprint density at radius 1 is 0.708 bits per heavy atom. The summed E-state index contributed by atoms with van der Waals surface area (Å²) in [6.45, 7) is 18.5. The molecule has 0 spiro atoms. The molecule has 4 aromatic carbocycles. The minimum absolute atomic E-state index is 0.452. The van der Waals surface area contributed by atoms with Crippen LogP contribution in [0.15, 0.2) is 119 Å². The highest BCUT2D eigenvalue weighted by molar-refractivity contribution is 6.02. The fraction of sp³-hybridized carbons (Fsp3) is 0.340. The van der Waals surface area contributed by atoms with Gasteiger partial charge in [0.15, 0.2) is 0 Å². The van der Waals surface area contributed by atoms with E-state index in [1.165, 1.54) is 61.2 Å². The molecule has 1 aliphatic rings. The molecule has 0 fully saturated rings. The van der Waals surface area contributed by atoms with Crippen LogP contribution in [0, 0.1) is 6.92 Å². The first kappa shape index (κ1) is 35.1. The van der Waals surface area contributed by atoms with Crippen LogP contribution < -0.4 is 0 Å². The van der Waals surface area contributed by atoms with Crippen molar-refractivity contribution < 1.29 is 0 Å². The minimum atomic E-state index is 0.452. The predicted molar refractivity (Wildman–Crippen MR) is 211 cm³/mol. The fourth-order valence-corrected chi connectivity index (χ4v) is 7.58. The third-order valence-electron chi connectivity index (χ3n) is 10.2. The predicted octanol–water partition coefficient (Wildman–Crippen LogP) is 13.7. The van der Waals surface area contributed by atoms with Gasteiger partial charge in [0.05, 0.1) is 5.70 Å². The van der Waals surface area contributed by atoms with Crippen molar-refractivity contribution in [3.05, 3.63) is 159 Å². The molecule has 0 amide bonds. The van der Waals surface area contributed by atoms with Gasteiger partial charge in [-0.2, -0.15) is 0 Å². The van der Waals surface area contributed by atoms with E-state index in [0.29, 0.717) is 11.8 Å². The average molecular weight is 634 g/mol. The third kappa shape index (κ3) is 7.90. The molecule has 0 heterocycles. The highest BCUT2D eigenvalue weighted by atomic mass is 14.8. The molecule has 0 aromatic heterocycles. The first-order valence-corrected chi connectivity index (χ1v) is 18.2. The molecular formula is C47H55N. The lowest BCUT2D eigenvalue weighted by atomic mass is 9.76. The second-order valence-corrected chi connectivity index (χ2v) is 14.0. The van der Waals surface area contributed by atoms with Crippen LogP contribution in [0.5, 0.6) is 0 Å². The zero-order valence-corrected chi connectivity index (χ0v) is 30.7. The van der Waals surface area contributed by atoms with Gasteiger partial charge in [0.25, 0.3) is 0 Å². The third-order valence-corrected chi connectivity index (χ3v) is 10.2. The van der Waals surface area contributed by atoms with Crippen molar-refractivity contribution in [2.24, 2.45) is 4.99 Å². The van der Waals surface area contributed by atoms with E-state index in [9.17, 15) is 0 Å². The van der Waals surface area contributed by atoms with E-state index in [-0.39, 0.29) is 0 Å². The maximum absolute atomic E-state index is 5.25. The van der Waals surface area contributed by atoms with Gasteiger partial charge in [0, 0.05) is 11.3 Å². The largest absolute Gasteiger partial charge is 0.253 e. The number of fused-ring (bicyclic) bond motifs is 1. The van der Waals surface area contributed by atoms with Crippen LogP contribution in [-0.4, -0.2) is 5.71 Å². The summed E-state index contributed by atoms with van der Waals surface area (Å²) in [5.74, 6) is 0.947. The van der Waals surface area contributed by atoms with Crippen molar-refractivity contribution in [2.75, 3.05) is 0 Å². The zero-order chi connectivity index (χ0) is 34.2. The zero-order valence-electron chi connectivity index (χ0n) is 30.7. The molecule has 0 N–H and O–H groups in total. The Bertz CT molecular complexity index is 1850. The van der Waals surface area contributed by atoms with Crippen LogP contribution in [0.4, 0.5) is 0 Å². The molecule has 48 heavy (non-hydrogen) atoms. The molecule has 248 valence electrons. The van der Waals surface area contributed by atoms with Crippen molar-refractivity contribution in [3.63, 3.8) is 0 Å². The fourth-order valence-electron chi connectivity index (χ4n) is 7.58. The number of unbranched alkanes of at least 4 members (excludes halogenated alkanes) is 1. The van der Waals surface area contributed by atoms with E-state index in [1.807, 2.05) is 0 Å². The normalized spacial score (nSPS) is 17.8. The van der Waals surface area contributed by atoms with Crippen LogP contribution >= 0.6 is 0 Å². The maximum Gasteiger partial charge on any atom is 0.0665 e. The summed E-state index contributed by atoms with van der Waals surface area (Å²) in [6.07, 6.45) is 8.72. The highest BCUT2D eigenvalue weighted by Gasteiger charge is 2.25. The molecule has 1 aliphatic carbocycles. The minimum Gasteiger partial charge on any atom is -0.253 e. The summed E-state index contributed by atoms with van der Waals surface area (Å²) in [7, 11) is 0. The Labute approximate surface area is 291 Å². The monoisotopic (exact) mass is 633 g/mol. The molecule has 1 heteroatoms. The molecule has 2 atom stereocenters. The molecule has 0 saturated heterocycles. The van der Waals surface area contributed by atoms with Crippen LogP contribution in [0.3, 0.4) is 0 Å². The second-order valence-electron chi connectivity index (χ2n) is 14.0. The number of nitrogens with zero attached hydrogens (tertiary/aromatic N) is 1. The van der Waals surface area contributed by atoms with Crippen LogP contribution in [-0.2, 0) is 0 Å². The number of benzene rings is 4. The summed E-state index contributed by atoms with van der Waals surface area (Å²) in [5.41, 5.74) is 18.7.